The fourth-order valence-corrected chi connectivity index (χ4v) is 1.29. The fraction of sp³-hybridized carbons (Fsp3) is 0.364. The van der Waals surface area contributed by atoms with Gasteiger partial charge in [0, 0.05) is 12.1 Å². The maximum Gasteiger partial charge on any atom is 0.269 e. The van der Waals surface area contributed by atoms with Crippen molar-refractivity contribution in [3.05, 3.63) is 39.9 Å². The van der Waals surface area contributed by atoms with E-state index in [1.807, 2.05) is 0 Å². The molecule has 0 aliphatic heterocycles. The van der Waals surface area contributed by atoms with Gasteiger partial charge in [0.2, 0.25) is 0 Å². The topological polar surface area (TPSA) is 98.8 Å². The Labute approximate surface area is 98.4 Å². The summed E-state index contributed by atoms with van der Waals surface area (Å²) < 4.78 is 0. The molecule has 0 aliphatic rings. The van der Waals surface area contributed by atoms with Crippen LogP contribution in [0.1, 0.15) is 12.0 Å². The normalized spacial score (nSPS) is 11.5. The molecule has 0 saturated carbocycles. The number of nitro groups is 1. The molecule has 1 rings (SSSR count). The predicted molar refractivity (Wildman–Crippen MR) is 60.8 cm³/mol. The first-order valence-electron chi connectivity index (χ1n) is 5.18. The van der Waals surface area contributed by atoms with E-state index in [1.165, 1.54) is 12.1 Å². The van der Waals surface area contributed by atoms with E-state index in [1.54, 1.807) is 12.1 Å². The summed E-state index contributed by atoms with van der Waals surface area (Å²) >= 11 is 0. The molecule has 1 aromatic carbocycles. The van der Waals surface area contributed by atoms with Gasteiger partial charge in [0.25, 0.3) is 5.69 Å². The van der Waals surface area contributed by atoms with E-state index in [2.05, 4.69) is 4.99 Å². The number of aliphatic hydroxyl groups excluding tert-OH is 1. The van der Waals surface area contributed by atoms with Gasteiger partial charge in [-0.2, -0.15) is 0 Å². The number of hydrogen-bond donors (Lipinski definition) is 1. The minimum Gasteiger partial charge on any atom is -0.862 e. The SMILES string of the molecule is O=[N+]([O-])c1ccc(CCC([O-])=NCCO)cc1. The van der Waals surface area contributed by atoms with Crippen molar-refractivity contribution in [3.8, 4) is 0 Å². The van der Waals surface area contributed by atoms with Gasteiger partial charge < -0.3 is 15.2 Å². The van der Waals surface area contributed by atoms with Gasteiger partial charge in [-0.1, -0.05) is 12.1 Å². The maximum atomic E-state index is 11.2. The molecule has 92 valence electrons. The number of nitrogens with zero attached hydrogens (tertiary/aromatic N) is 2. The third-order valence-corrected chi connectivity index (χ3v) is 2.16. The predicted octanol–water partition coefficient (Wildman–Crippen LogP) is 0.278. The zero-order valence-electron chi connectivity index (χ0n) is 9.20. The molecule has 0 aliphatic carbocycles. The second-order valence-electron chi connectivity index (χ2n) is 3.42. The number of benzene rings is 1. The summed E-state index contributed by atoms with van der Waals surface area (Å²) in [4.78, 5) is 13.5. The van der Waals surface area contributed by atoms with Crippen molar-refractivity contribution in [2.45, 2.75) is 12.8 Å². The molecule has 0 saturated heterocycles. The van der Waals surface area contributed by atoms with Gasteiger partial charge in [-0.25, -0.2) is 0 Å². The second-order valence-corrected chi connectivity index (χ2v) is 3.42. The summed E-state index contributed by atoms with van der Waals surface area (Å²) in [5.41, 5.74) is 0.883. The number of aliphatic imine (C=N–C) groups is 1. The molecule has 17 heavy (non-hydrogen) atoms. The lowest BCUT2D eigenvalue weighted by Crippen LogP contribution is -2.19. The average molecular weight is 237 g/mol. The summed E-state index contributed by atoms with van der Waals surface area (Å²) in [6.45, 7) is -0.0115. The minimum atomic E-state index is -0.467. The first-order chi connectivity index (χ1) is 8.13. The van der Waals surface area contributed by atoms with Gasteiger partial charge in [-0.3, -0.25) is 10.1 Å². The van der Waals surface area contributed by atoms with Gasteiger partial charge in [-0.15, -0.1) is 0 Å². The van der Waals surface area contributed by atoms with Crippen LogP contribution in [-0.2, 0) is 6.42 Å². The minimum absolute atomic E-state index is 0.0324. The lowest BCUT2D eigenvalue weighted by atomic mass is 10.1. The van der Waals surface area contributed by atoms with Crippen LogP contribution in [0, 0.1) is 10.1 Å². The van der Waals surface area contributed by atoms with E-state index < -0.39 is 4.92 Å². The van der Waals surface area contributed by atoms with Gasteiger partial charge >= 0.3 is 0 Å². The van der Waals surface area contributed by atoms with Crippen LogP contribution < -0.4 is 5.11 Å². The van der Waals surface area contributed by atoms with Crippen molar-refractivity contribution in [2.24, 2.45) is 4.99 Å². The summed E-state index contributed by atoms with van der Waals surface area (Å²) in [7, 11) is 0. The van der Waals surface area contributed by atoms with Crippen molar-refractivity contribution in [1.29, 1.82) is 0 Å². The largest absolute Gasteiger partial charge is 0.862 e. The molecule has 6 heteroatoms. The first kappa shape index (κ1) is 13.1. The molecule has 0 atom stereocenters. The number of aryl methyl sites for hydroxylation is 1. The Morgan fingerprint density at radius 3 is 2.53 bits per heavy atom. The number of nitro benzene ring substituents is 1. The lowest BCUT2D eigenvalue weighted by molar-refractivity contribution is -0.384. The maximum absolute atomic E-state index is 11.2. The van der Waals surface area contributed by atoms with Gasteiger partial charge in [0.1, 0.15) is 0 Å². The van der Waals surface area contributed by atoms with Crippen LogP contribution >= 0.6 is 0 Å². The molecule has 0 amide bonds. The van der Waals surface area contributed by atoms with Gasteiger partial charge in [0.05, 0.1) is 18.1 Å². The van der Waals surface area contributed by atoms with Crippen LogP contribution in [0.25, 0.3) is 0 Å². The summed E-state index contributed by atoms with van der Waals surface area (Å²) in [5, 5.41) is 30.0. The number of rotatable bonds is 6. The third kappa shape index (κ3) is 4.60. The number of hydrogen-bond acceptors (Lipinski definition) is 5. The molecule has 0 unspecified atom stereocenters. The van der Waals surface area contributed by atoms with Crippen LogP contribution in [0.2, 0.25) is 0 Å². The Kier molecular flexibility index (Phi) is 5.09. The second kappa shape index (κ2) is 6.59. The summed E-state index contributed by atoms with van der Waals surface area (Å²) in [6, 6.07) is 6.06. The Balaban J connectivity index is 2.50. The monoisotopic (exact) mass is 237 g/mol. The Morgan fingerprint density at radius 1 is 1.35 bits per heavy atom. The van der Waals surface area contributed by atoms with E-state index in [0.717, 1.165) is 5.56 Å². The van der Waals surface area contributed by atoms with Gasteiger partial charge in [-0.05, 0) is 24.3 Å². The highest BCUT2D eigenvalue weighted by molar-refractivity contribution is 5.71. The van der Waals surface area contributed by atoms with Crippen LogP contribution in [0.15, 0.2) is 29.3 Å². The van der Waals surface area contributed by atoms with Crippen molar-refractivity contribution in [1.82, 2.24) is 0 Å². The molecule has 0 fully saturated rings. The molecular weight excluding hydrogens is 224 g/mol. The van der Waals surface area contributed by atoms with Crippen molar-refractivity contribution in [2.75, 3.05) is 13.2 Å². The molecule has 6 nitrogen and oxygen atoms in total. The van der Waals surface area contributed by atoms with E-state index in [-0.39, 0.29) is 31.2 Å². The Bertz CT molecular complexity index is 400. The zero-order valence-corrected chi connectivity index (χ0v) is 9.20. The lowest BCUT2D eigenvalue weighted by Gasteiger charge is -2.09. The van der Waals surface area contributed by atoms with E-state index >= 15 is 0 Å². The highest BCUT2D eigenvalue weighted by atomic mass is 16.6. The third-order valence-electron chi connectivity index (χ3n) is 2.16. The molecule has 1 N–H and O–H groups in total. The van der Waals surface area contributed by atoms with Crippen LogP contribution in [0.5, 0.6) is 0 Å². The molecule has 0 aromatic heterocycles. The van der Waals surface area contributed by atoms with Crippen molar-refractivity contribution < 1.29 is 15.1 Å². The Hall–Kier alpha value is -1.95. The van der Waals surface area contributed by atoms with Crippen LogP contribution in [0.4, 0.5) is 5.69 Å². The standard InChI is InChI=1S/C11H14N2O4/c14-8-7-12-11(15)6-3-9-1-4-10(5-2-9)13(16)17/h1-2,4-5,14H,3,6-8H2,(H,12,15)/p-1. The highest BCUT2D eigenvalue weighted by Crippen LogP contribution is 2.12. The van der Waals surface area contributed by atoms with Crippen LogP contribution in [0.3, 0.4) is 0 Å². The van der Waals surface area contributed by atoms with E-state index in [9.17, 15) is 15.2 Å². The smallest absolute Gasteiger partial charge is 0.269 e. The summed E-state index contributed by atoms with van der Waals surface area (Å²) in [6.07, 6.45) is 0.740. The molecule has 0 spiro atoms. The summed E-state index contributed by atoms with van der Waals surface area (Å²) in [5.74, 6) is -0.266. The Morgan fingerprint density at radius 2 is 2.00 bits per heavy atom. The average Bonchev–Trinajstić information content (AvgIpc) is 2.34. The number of aliphatic hydroxyl groups is 1. The van der Waals surface area contributed by atoms with E-state index in [4.69, 9.17) is 5.11 Å². The molecule has 0 heterocycles. The molecule has 1 aromatic rings. The highest BCUT2D eigenvalue weighted by Gasteiger charge is 2.03. The van der Waals surface area contributed by atoms with Crippen molar-refractivity contribution >= 4 is 11.6 Å². The zero-order chi connectivity index (χ0) is 12.7. The van der Waals surface area contributed by atoms with E-state index in [0.29, 0.717) is 6.42 Å². The molecular formula is C11H13N2O4-. The first-order valence-corrected chi connectivity index (χ1v) is 5.18. The molecule has 0 radical (unpaired) electrons. The molecule has 0 bridgehead atoms. The van der Waals surface area contributed by atoms with Crippen molar-refractivity contribution in [3.63, 3.8) is 0 Å². The number of non-ortho nitro benzene ring substituents is 1. The van der Waals surface area contributed by atoms with Gasteiger partial charge in [0.15, 0.2) is 0 Å². The quantitative estimate of drug-likeness (QED) is 0.332. The van der Waals surface area contributed by atoms with Crippen LogP contribution in [-0.4, -0.2) is 29.1 Å². The fourth-order valence-electron chi connectivity index (χ4n) is 1.29.